The van der Waals surface area contributed by atoms with Crippen LogP contribution in [0.2, 0.25) is 18.1 Å². The normalized spacial score (nSPS) is 24.7. The van der Waals surface area contributed by atoms with E-state index in [2.05, 4.69) is 52.9 Å². The summed E-state index contributed by atoms with van der Waals surface area (Å²) < 4.78 is 6.71. The Balaban J connectivity index is 2.77. The predicted molar refractivity (Wildman–Crippen MR) is 124 cm³/mol. The van der Waals surface area contributed by atoms with E-state index in [1.165, 1.54) is 32.1 Å². The number of carbonyl (C=O) groups is 1. The quantitative estimate of drug-likeness (QED) is 0.207. The zero-order valence-corrected chi connectivity index (χ0v) is 20.8. The van der Waals surface area contributed by atoms with Crippen molar-refractivity contribution in [2.45, 2.75) is 128 Å². The third-order valence-electron chi connectivity index (χ3n) is 6.78. The van der Waals surface area contributed by atoms with Gasteiger partial charge in [0.1, 0.15) is 0 Å². The minimum absolute atomic E-state index is 0.118. The molecule has 1 fully saturated rings. The first-order valence-corrected chi connectivity index (χ1v) is 14.6. The molecule has 1 saturated carbocycles. The van der Waals surface area contributed by atoms with E-state index in [4.69, 9.17) is 9.53 Å². The Labute approximate surface area is 180 Å². The molecule has 2 N–H and O–H groups in total. The molecule has 0 bridgehead atoms. The molecule has 4 nitrogen and oxygen atoms in total. The maximum Gasteiger partial charge on any atom is 0.306 e. The molecule has 3 atom stereocenters. The van der Waals surface area contributed by atoms with Crippen LogP contribution >= 0.6 is 0 Å². The predicted octanol–water partition coefficient (Wildman–Crippen LogP) is 6.69. The second kappa shape index (κ2) is 11.7. The lowest BCUT2D eigenvalue weighted by molar-refractivity contribution is -0.144. The molecule has 0 heterocycles. The maximum atomic E-state index is 11.1. The van der Waals surface area contributed by atoms with Crippen molar-refractivity contribution in [3.63, 3.8) is 0 Å². The highest BCUT2D eigenvalue weighted by Crippen LogP contribution is 2.39. The highest BCUT2D eigenvalue weighted by atomic mass is 28.4. The molecule has 0 spiro atoms. The van der Waals surface area contributed by atoms with Gasteiger partial charge in [-0.15, -0.1) is 0 Å². The number of aliphatic carboxylic acids is 1. The first-order valence-electron chi connectivity index (χ1n) is 11.7. The Bertz CT molecular complexity index is 523. The highest BCUT2D eigenvalue weighted by Gasteiger charge is 2.39. The summed E-state index contributed by atoms with van der Waals surface area (Å²) in [5.74, 6) is -0.679. The second-order valence-electron chi connectivity index (χ2n) is 10.7. The molecule has 0 radical (unpaired) electrons. The van der Waals surface area contributed by atoms with Crippen molar-refractivity contribution >= 4 is 14.3 Å². The smallest absolute Gasteiger partial charge is 0.306 e. The first kappa shape index (κ1) is 26.4. The van der Waals surface area contributed by atoms with E-state index < -0.39 is 19.9 Å². The van der Waals surface area contributed by atoms with Crippen molar-refractivity contribution in [2.24, 2.45) is 5.92 Å². The van der Waals surface area contributed by atoms with Gasteiger partial charge in [-0.2, -0.15) is 0 Å². The SMILES string of the molecule is CCCCCCCC(C=CC1CCCC(O)(CC(=O)O)C1)O[Si](C)(C)C(C)(C)C. The number of unbranched alkanes of at least 4 members (excludes halogenated alkanes) is 4. The van der Waals surface area contributed by atoms with Crippen LogP contribution in [-0.2, 0) is 9.22 Å². The van der Waals surface area contributed by atoms with Crippen LogP contribution in [0.4, 0.5) is 0 Å². The molecule has 0 saturated heterocycles. The number of allylic oxidation sites excluding steroid dienone is 1. The van der Waals surface area contributed by atoms with E-state index in [-0.39, 0.29) is 23.5 Å². The Kier molecular flexibility index (Phi) is 10.6. The van der Waals surface area contributed by atoms with Crippen molar-refractivity contribution in [3.8, 4) is 0 Å². The van der Waals surface area contributed by atoms with Crippen LogP contribution in [0.15, 0.2) is 12.2 Å². The summed E-state index contributed by atoms with van der Waals surface area (Å²) in [5, 5.41) is 19.9. The molecule has 0 aromatic heterocycles. The van der Waals surface area contributed by atoms with Crippen LogP contribution in [-0.4, -0.2) is 36.2 Å². The van der Waals surface area contributed by atoms with Crippen LogP contribution in [0.3, 0.4) is 0 Å². The van der Waals surface area contributed by atoms with Gasteiger partial charge in [-0.05, 0) is 56.2 Å². The van der Waals surface area contributed by atoms with Gasteiger partial charge in [0.2, 0.25) is 0 Å². The van der Waals surface area contributed by atoms with Gasteiger partial charge in [-0.25, -0.2) is 0 Å². The number of carboxylic acid groups (broad SMARTS) is 1. The van der Waals surface area contributed by atoms with Gasteiger partial charge in [0.15, 0.2) is 8.32 Å². The lowest BCUT2D eigenvalue weighted by Crippen LogP contribution is -2.43. The lowest BCUT2D eigenvalue weighted by atomic mass is 9.76. The molecule has 170 valence electrons. The zero-order chi connectivity index (χ0) is 22.1. The third-order valence-corrected chi connectivity index (χ3v) is 11.3. The van der Waals surface area contributed by atoms with Crippen LogP contribution in [0.1, 0.15) is 98.3 Å². The minimum atomic E-state index is -1.86. The molecule has 1 aliphatic carbocycles. The van der Waals surface area contributed by atoms with Gasteiger partial charge in [0.05, 0.1) is 18.1 Å². The molecule has 0 aromatic rings. The summed E-state index contributed by atoms with van der Waals surface area (Å²) in [6.07, 6.45) is 14.7. The molecule has 0 amide bonds. The van der Waals surface area contributed by atoms with E-state index >= 15 is 0 Å². The molecule has 1 rings (SSSR count). The number of hydrogen-bond acceptors (Lipinski definition) is 3. The summed E-state index contributed by atoms with van der Waals surface area (Å²) >= 11 is 0. The zero-order valence-electron chi connectivity index (χ0n) is 19.8. The number of aliphatic hydroxyl groups is 1. The van der Waals surface area contributed by atoms with Crippen LogP contribution in [0.25, 0.3) is 0 Å². The monoisotopic (exact) mass is 426 g/mol. The first-order chi connectivity index (χ1) is 13.4. The molecule has 3 unspecified atom stereocenters. The Morgan fingerprint density at radius 2 is 1.90 bits per heavy atom. The van der Waals surface area contributed by atoms with Crippen LogP contribution < -0.4 is 0 Å². The Hall–Kier alpha value is -0.653. The molecular formula is C24H46O4Si. The van der Waals surface area contributed by atoms with Crippen LogP contribution in [0.5, 0.6) is 0 Å². The topological polar surface area (TPSA) is 66.8 Å². The summed E-state index contributed by atoms with van der Waals surface area (Å²) in [6.45, 7) is 13.7. The second-order valence-corrected chi connectivity index (χ2v) is 15.4. The standard InChI is InChI=1S/C24H46O4Si/c1-7-8-9-10-11-14-21(28-29(5,6)23(2,3)4)16-15-20-13-12-17-24(27,18-20)19-22(25)26/h15-16,20-21,27H,7-14,17-19H2,1-6H3,(H,25,26). The Morgan fingerprint density at radius 3 is 2.48 bits per heavy atom. The molecule has 29 heavy (non-hydrogen) atoms. The summed E-state index contributed by atoms with van der Waals surface area (Å²) in [5.41, 5.74) is -1.06. The summed E-state index contributed by atoms with van der Waals surface area (Å²) in [4.78, 5) is 11.1. The fourth-order valence-corrected chi connectivity index (χ4v) is 5.28. The average molecular weight is 427 g/mol. The minimum Gasteiger partial charge on any atom is -0.481 e. The van der Waals surface area contributed by atoms with Crippen molar-refractivity contribution < 1.29 is 19.4 Å². The van der Waals surface area contributed by atoms with E-state index in [1.54, 1.807) is 0 Å². The fraction of sp³-hybridized carbons (Fsp3) is 0.875. The van der Waals surface area contributed by atoms with Crippen molar-refractivity contribution in [3.05, 3.63) is 12.2 Å². The third kappa shape index (κ3) is 9.80. The summed E-state index contributed by atoms with van der Waals surface area (Å²) in [7, 11) is -1.86. The number of hydrogen-bond donors (Lipinski definition) is 2. The van der Waals surface area contributed by atoms with Crippen molar-refractivity contribution in [1.82, 2.24) is 0 Å². The maximum absolute atomic E-state index is 11.1. The van der Waals surface area contributed by atoms with Gasteiger partial charge in [0.25, 0.3) is 0 Å². The van der Waals surface area contributed by atoms with Crippen LogP contribution in [0, 0.1) is 5.92 Å². The summed E-state index contributed by atoms with van der Waals surface area (Å²) in [6, 6.07) is 0. The van der Waals surface area contributed by atoms with Crippen molar-refractivity contribution in [1.29, 1.82) is 0 Å². The largest absolute Gasteiger partial charge is 0.481 e. The van der Waals surface area contributed by atoms with E-state index in [0.29, 0.717) is 12.8 Å². The molecule has 0 aliphatic heterocycles. The highest BCUT2D eigenvalue weighted by molar-refractivity contribution is 6.74. The van der Waals surface area contributed by atoms with Gasteiger partial charge in [-0.3, -0.25) is 4.79 Å². The number of carboxylic acids is 1. The lowest BCUT2D eigenvalue weighted by Gasteiger charge is -2.39. The van der Waals surface area contributed by atoms with E-state index in [9.17, 15) is 9.90 Å². The molecular weight excluding hydrogens is 380 g/mol. The van der Waals surface area contributed by atoms with E-state index in [1.807, 2.05) is 0 Å². The average Bonchev–Trinajstić information content (AvgIpc) is 2.57. The van der Waals surface area contributed by atoms with Crippen molar-refractivity contribution in [2.75, 3.05) is 0 Å². The number of rotatable bonds is 12. The Morgan fingerprint density at radius 1 is 1.24 bits per heavy atom. The van der Waals surface area contributed by atoms with Gasteiger partial charge in [-0.1, -0.05) is 72.0 Å². The molecule has 0 aromatic carbocycles. The molecule has 5 heteroatoms. The van der Waals surface area contributed by atoms with Gasteiger partial charge < -0.3 is 14.6 Å². The van der Waals surface area contributed by atoms with Gasteiger partial charge >= 0.3 is 5.97 Å². The fourth-order valence-electron chi connectivity index (χ4n) is 3.97. The molecule has 1 aliphatic rings. The van der Waals surface area contributed by atoms with Gasteiger partial charge in [0, 0.05) is 0 Å². The van der Waals surface area contributed by atoms with E-state index in [0.717, 1.165) is 19.3 Å².